The molecule has 1 N–H and O–H groups in total. The van der Waals surface area contributed by atoms with Crippen molar-refractivity contribution in [2.45, 2.75) is 33.1 Å². The smallest absolute Gasteiger partial charge is 0.173 e. The van der Waals surface area contributed by atoms with Gasteiger partial charge in [-0.2, -0.15) is 5.26 Å². The molecule has 6 heteroatoms. The van der Waals surface area contributed by atoms with Gasteiger partial charge in [0.15, 0.2) is 11.6 Å². The van der Waals surface area contributed by atoms with Gasteiger partial charge in [0, 0.05) is 21.9 Å². The van der Waals surface area contributed by atoms with E-state index in [2.05, 4.69) is 18.3 Å². The van der Waals surface area contributed by atoms with E-state index in [1.54, 1.807) is 24.3 Å². The van der Waals surface area contributed by atoms with Crippen LogP contribution in [0.15, 0.2) is 70.4 Å². The summed E-state index contributed by atoms with van der Waals surface area (Å²) in [6.07, 6.45) is 0.911. The summed E-state index contributed by atoms with van der Waals surface area (Å²) in [6, 6.07) is 17.1. The number of hydrogen-bond acceptors (Lipinski definition) is 5. The monoisotopic (exact) mass is 450 g/mol. The lowest BCUT2D eigenvalue weighted by Crippen LogP contribution is -2.27. The fourth-order valence-electron chi connectivity index (χ4n) is 3.66. The van der Waals surface area contributed by atoms with Crippen molar-refractivity contribution in [1.82, 2.24) is 5.32 Å². The Balaban J connectivity index is 1.95. The maximum absolute atomic E-state index is 12.6. The highest BCUT2D eigenvalue weighted by atomic mass is 35.5. The minimum Gasteiger partial charge on any atom is -0.353 e. The van der Waals surface area contributed by atoms with Gasteiger partial charge < -0.3 is 5.32 Å². The second-order valence-electron chi connectivity index (χ2n) is 7.32. The van der Waals surface area contributed by atoms with Crippen LogP contribution in [0.1, 0.15) is 48.2 Å². The lowest BCUT2D eigenvalue weighted by Gasteiger charge is -2.29. The number of ketones is 2. The molecule has 0 saturated carbocycles. The number of allylic oxidation sites excluding steroid dienone is 3. The molecule has 0 spiro atoms. The second-order valence-corrected chi connectivity index (χ2v) is 8.75. The van der Waals surface area contributed by atoms with E-state index in [1.807, 2.05) is 31.2 Å². The highest BCUT2D eigenvalue weighted by Gasteiger charge is 2.33. The Morgan fingerprint density at radius 1 is 1.19 bits per heavy atom. The van der Waals surface area contributed by atoms with E-state index in [-0.39, 0.29) is 17.3 Å². The summed E-state index contributed by atoms with van der Waals surface area (Å²) in [5, 5.41) is 14.3. The van der Waals surface area contributed by atoms with Crippen LogP contribution in [0.2, 0.25) is 5.02 Å². The number of thioether (sulfide) groups is 1. The minimum atomic E-state index is -0.460. The Morgan fingerprint density at radius 2 is 1.90 bits per heavy atom. The Kier molecular flexibility index (Phi) is 7.37. The second kappa shape index (κ2) is 10.00. The molecule has 3 rings (SSSR count). The van der Waals surface area contributed by atoms with Gasteiger partial charge in [0.05, 0.1) is 28.3 Å². The van der Waals surface area contributed by atoms with Crippen molar-refractivity contribution in [2.24, 2.45) is 0 Å². The Hall–Kier alpha value is -2.81. The third-order valence-corrected chi connectivity index (χ3v) is 6.49. The summed E-state index contributed by atoms with van der Waals surface area (Å²) < 4.78 is 0. The van der Waals surface area contributed by atoms with E-state index < -0.39 is 5.92 Å². The highest BCUT2D eigenvalue weighted by Crippen LogP contribution is 2.41. The van der Waals surface area contributed by atoms with Crippen LogP contribution in [0, 0.1) is 11.3 Å². The van der Waals surface area contributed by atoms with Crippen molar-refractivity contribution < 1.29 is 9.59 Å². The summed E-state index contributed by atoms with van der Waals surface area (Å²) in [7, 11) is 0. The molecule has 0 saturated heterocycles. The van der Waals surface area contributed by atoms with Gasteiger partial charge in [-0.3, -0.25) is 9.59 Å². The average molecular weight is 451 g/mol. The zero-order valence-corrected chi connectivity index (χ0v) is 19.2. The number of dihydropyridines is 1. The predicted octanol–water partition coefficient (Wildman–Crippen LogP) is 5.80. The van der Waals surface area contributed by atoms with Gasteiger partial charge in [0.2, 0.25) is 0 Å². The first-order valence-corrected chi connectivity index (χ1v) is 11.4. The summed E-state index contributed by atoms with van der Waals surface area (Å²) in [5.74, 6) is -0.473. The van der Waals surface area contributed by atoms with E-state index >= 15 is 0 Å². The number of hydrogen-bond donors (Lipinski definition) is 1. The highest BCUT2D eigenvalue weighted by molar-refractivity contribution is 8.03. The molecule has 1 atom stereocenters. The van der Waals surface area contributed by atoms with E-state index in [1.165, 1.54) is 24.2 Å². The molecule has 1 aliphatic rings. The predicted molar refractivity (Wildman–Crippen MR) is 126 cm³/mol. The van der Waals surface area contributed by atoms with Crippen molar-refractivity contribution >= 4 is 34.9 Å². The SMILES string of the molecule is CCc1ccc([C@H]2C(C#N)=C(SCC(=O)c3cccc(Cl)c3)NC(C)=C2C(C)=O)cc1. The van der Waals surface area contributed by atoms with Crippen LogP contribution in [0.4, 0.5) is 0 Å². The van der Waals surface area contributed by atoms with Crippen molar-refractivity contribution in [1.29, 1.82) is 5.26 Å². The largest absolute Gasteiger partial charge is 0.353 e. The minimum absolute atomic E-state index is 0.0815. The third kappa shape index (κ3) is 5.10. The molecule has 1 aliphatic heterocycles. The van der Waals surface area contributed by atoms with Gasteiger partial charge in [-0.05, 0) is 43.5 Å². The van der Waals surface area contributed by atoms with Crippen LogP contribution in [0.3, 0.4) is 0 Å². The molecule has 2 aromatic carbocycles. The lowest BCUT2D eigenvalue weighted by molar-refractivity contribution is -0.113. The third-order valence-electron chi connectivity index (χ3n) is 5.24. The normalized spacial score (nSPS) is 16.0. The number of rotatable bonds is 7. The molecule has 0 fully saturated rings. The van der Waals surface area contributed by atoms with E-state index in [0.717, 1.165) is 12.0 Å². The number of nitrogens with zero attached hydrogens (tertiary/aromatic N) is 1. The summed E-state index contributed by atoms with van der Waals surface area (Å²) in [4.78, 5) is 25.1. The van der Waals surface area contributed by atoms with Gasteiger partial charge >= 0.3 is 0 Å². The molecular weight excluding hydrogens is 428 g/mol. The first kappa shape index (κ1) is 22.9. The number of benzene rings is 2. The van der Waals surface area contributed by atoms with E-state index in [0.29, 0.717) is 32.5 Å². The van der Waals surface area contributed by atoms with Gasteiger partial charge in [-0.15, -0.1) is 0 Å². The molecule has 0 unspecified atom stereocenters. The zero-order chi connectivity index (χ0) is 22.5. The Labute approximate surface area is 192 Å². The van der Waals surface area contributed by atoms with Crippen LogP contribution < -0.4 is 5.32 Å². The van der Waals surface area contributed by atoms with Gasteiger partial charge in [0.25, 0.3) is 0 Å². The number of carbonyl (C=O) groups excluding carboxylic acids is 2. The molecule has 4 nitrogen and oxygen atoms in total. The average Bonchev–Trinajstić information content (AvgIpc) is 2.76. The summed E-state index contributed by atoms with van der Waals surface area (Å²) >= 11 is 7.27. The maximum Gasteiger partial charge on any atom is 0.173 e. The molecule has 158 valence electrons. The number of carbonyl (C=O) groups is 2. The Morgan fingerprint density at radius 3 is 2.48 bits per heavy atom. The van der Waals surface area contributed by atoms with E-state index in [9.17, 15) is 14.9 Å². The fourth-order valence-corrected chi connectivity index (χ4v) is 4.83. The standard InChI is InChI=1S/C25H23ClN2O2S/c1-4-17-8-10-18(11-9-17)24-21(13-27)25(28-15(2)23(24)16(3)29)31-14-22(30)19-6-5-7-20(26)12-19/h5-12,24,28H,4,14H2,1-3H3/t24-/m0/s1. The Bertz CT molecular complexity index is 1130. The number of nitrogens with one attached hydrogen (secondary N) is 1. The molecule has 1 heterocycles. The molecule has 0 aromatic heterocycles. The van der Waals surface area contributed by atoms with Gasteiger partial charge in [0.1, 0.15) is 0 Å². The summed E-state index contributed by atoms with van der Waals surface area (Å²) in [5.41, 5.74) is 4.33. The molecule has 0 bridgehead atoms. The number of nitriles is 1. The van der Waals surface area contributed by atoms with Gasteiger partial charge in [-0.25, -0.2) is 0 Å². The fraction of sp³-hybridized carbons (Fsp3) is 0.240. The molecular formula is C25H23ClN2O2S. The van der Waals surface area contributed by atoms with E-state index in [4.69, 9.17) is 11.6 Å². The number of aryl methyl sites for hydroxylation is 1. The van der Waals surface area contributed by atoms with Crippen LogP contribution >= 0.6 is 23.4 Å². The lowest BCUT2D eigenvalue weighted by atomic mass is 9.81. The van der Waals surface area contributed by atoms with Crippen LogP contribution in [-0.2, 0) is 11.2 Å². The van der Waals surface area contributed by atoms with Crippen LogP contribution in [0.5, 0.6) is 0 Å². The van der Waals surface area contributed by atoms with Crippen LogP contribution in [0.25, 0.3) is 0 Å². The summed E-state index contributed by atoms with van der Waals surface area (Å²) in [6.45, 7) is 5.43. The molecule has 31 heavy (non-hydrogen) atoms. The van der Waals surface area contributed by atoms with Crippen molar-refractivity contribution in [3.63, 3.8) is 0 Å². The first-order chi connectivity index (χ1) is 14.8. The quantitative estimate of drug-likeness (QED) is 0.539. The van der Waals surface area contributed by atoms with Crippen molar-refractivity contribution in [3.05, 3.63) is 92.1 Å². The van der Waals surface area contributed by atoms with Crippen molar-refractivity contribution in [2.75, 3.05) is 5.75 Å². The maximum atomic E-state index is 12.6. The molecule has 0 amide bonds. The number of Topliss-reactive ketones (excluding diaryl/α,β-unsaturated/α-hetero) is 2. The van der Waals surface area contributed by atoms with Crippen LogP contribution in [-0.4, -0.2) is 17.3 Å². The first-order valence-electron chi connectivity index (χ1n) is 9.99. The zero-order valence-electron chi connectivity index (χ0n) is 17.7. The van der Waals surface area contributed by atoms with Crippen molar-refractivity contribution in [3.8, 4) is 6.07 Å². The molecule has 0 radical (unpaired) electrons. The molecule has 0 aliphatic carbocycles. The number of halogens is 1. The molecule has 2 aromatic rings. The topological polar surface area (TPSA) is 70.0 Å². The van der Waals surface area contributed by atoms with Gasteiger partial charge in [-0.1, -0.05) is 66.7 Å².